The second-order valence-electron chi connectivity index (χ2n) is 3.80. The Labute approximate surface area is 107 Å². The highest BCUT2D eigenvalue weighted by molar-refractivity contribution is 7.09. The van der Waals surface area contributed by atoms with Crippen LogP contribution in [-0.4, -0.2) is 15.4 Å². The van der Waals surface area contributed by atoms with Gasteiger partial charge in [0.05, 0.1) is 23.6 Å². The van der Waals surface area contributed by atoms with Crippen molar-refractivity contribution in [3.8, 4) is 0 Å². The Morgan fingerprint density at radius 3 is 3.22 bits per heavy atom. The fourth-order valence-electron chi connectivity index (χ4n) is 1.66. The van der Waals surface area contributed by atoms with E-state index in [9.17, 15) is 4.79 Å². The van der Waals surface area contributed by atoms with Crippen molar-refractivity contribution in [3.05, 3.63) is 58.8 Å². The van der Waals surface area contributed by atoms with E-state index in [1.54, 1.807) is 42.2 Å². The second-order valence-corrected chi connectivity index (χ2v) is 4.83. The maximum Gasteiger partial charge on any atom is 0.338 e. The number of fused-ring (bicyclic) bond motifs is 1. The van der Waals surface area contributed by atoms with Crippen molar-refractivity contribution in [2.24, 2.45) is 0 Å². The molecule has 18 heavy (non-hydrogen) atoms. The van der Waals surface area contributed by atoms with Crippen LogP contribution in [0, 0.1) is 0 Å². The van der Waals surface area contributed by atoms with Gasteiger partial charge in [0.1, 0.15) is 6.61 Å². The summed E-state index contributed by atoms with van der Waals surface area (Å²) in [6.45, 7) is 0.320. The molecule has 3 aromatic rings. The van der Waals surface area contributed by atoms with Crippen LogP contribution in [0.2, 0.25) is 0 Å². The number of carbonyl (C=O) groups is 1. The summed E-state index contributed by atoms with van der Waals surface area (Å²) in [5, 5.41) is 1.96. The van der Waals surface area contributed by atoms with Gasteiger partial charge in [-0.05, 0) is 23.6 Å². The fourth-order valence-corrected chi connectivity index (χ4v) is 2.28. The number of esters is 1. The molecule has 3 aromatic heterocycles. The van der Waals surface area contributed by atoms with E-state index in [1.165, 1.54) is 0 Å². The molecule has 0 saturated carbocycles. The molecule has 0 fully saturated rings. The molecule has 0 saturated heterocycles. The van der Waals surface area contributed by atoms with E-state index in [0.29, 0.717) is 12.2 Å². The summed E-state index contributed by atoms with van der Waals surface area (Å²) < 4.78 is 7.08. The number of thiophene rings is 1. The van der Waals surface area contributed by atoms with Crippen molar-refractivity contribution < 1.29 is 9.53 Å². The maximum absolute atomic E-state index is 11.9. The minimum absolute atomic E-state index is 0.313. The van der Waals surface area contributed by atoms with E-state index in [4.69, 9.17) is 4.74 Å². The molecule has 0 radical (unpaired) electrons. The number of pyridine rings is 1. The summed E-state index contributed by atoms with van der Waals surface area (Å²) >= 11 is 1.57. The number of nitrogens with zero attached hydrogens (tertiary/aromatic N) is 2. The summed E-state index contributed by atoms with van der Waals surface area (Å²) in [4.78, 5) is 16.9. The number of ether oxygens (including phenoxy) is 1. The quantitative estimate of drug-likeness (QED) is 0.678. The van der Waals surface area contributed by atoms with Gasteiger partial charge in [-0.1, -0.05) is 6.07 Å². The van der Waals surface area contributed by atoms with Crippen LogP contribution in [0.15, 0.2) is 48.4 Å². The van der Waals surface area contributed by atoms with Gasteiger partial charge in [-0.3, -0.25) is 0 Å². The first kappa shape index (κ1) is 11.0. The van der Waals surface area contributed by atoms with Crippen LogP contribution >= 0.6 is 11.3 Å². The third-order valence-electron chi connectivity index (χ3n) is 2.58. The van der Waals surface area contributed by atoms with E-state index in [1.807, 2.05) is 21.9 Å². The van der Waals surface area contributed by atoms with Crippen LogP contribution in [0.5, 0.6) is 0 Å². The number of imidazole rings is 1. The predicted molar refractivity (Wildman–Crippen MR) is 68.6 cm³/mol. The molecule has 90 valence electrons. The minimum Gasteiger partial charge on any atom is -0.456 e. The average molecular weight is 258 g/mol. The van der Waals surface area contributed by atoms with Crippen LogP contribution in [0.4, 0.5) is 0 Å². The van der Waals surface area contributed by atoms with E-state index >= 15 is 0 Å². The molecule has 0 spiro atoms. The third kappa shape index (κ3) is 2.12. The van der Waals surface area contributed by atoms with E-state index in [0.717, 1.165) is 10.4 Å². The Hall–Kier alpha value is -2.14. The molecule has 0 N–H and O–H groups in total. The molecular formula is C13H10N2O2S. The van der Waals surface area contributed by atoms with E-state index < -0.39 is 0 Å². The van der Waals surface area contributed by atoms with Crippen LogP contribution in [0.1, 0.15) is 15.2 Å². The van der Waals surface area contributed by atoms with Crippen molar-refractivity contribution in [2.45, 2.75) is 6.61 Å². The van der Waals surface area contributed by atoms with Gasteiger partial charge < -0.3 is 9.14 Å². The van der Waals surface area contributed by atoms with Crippen molar-refractivity contribution >= 4 is 22.8 Å². The Morgan fingerprint density at radius 2 is 2.39 bits per heavy atom. The standard InChI is InChI=1S/C13H10N2O2S/c16-13(17-8-12-2-1-5-18-12)10-3-4-15-9-14-7-11(15)6-10/h1-7,9H,8H2. The molecule has 3 heterocycles. The molecule has 0 amide bonds. The maximum atomic E-state index is 11.9. The first-order chi connectivity index (χ1) is 8.83. The molecule has 0 aliphatic rings. The molecule has 0 unspecified atom stereocenters. The molecule has 0 atom stereocenters. The van der Waals surface area contributed by atoms with Crippen LogP contribution in [-0.2, 0) is 11.3 Å². The van der Waals surface area contributed by atoms with Crippen LogP contribution in [0.3, 0.4) is 0 Å². The van der Waals surface area contributed by atoms with Crippen molar-refractivity contribution in [2.75, 3.05) is 0 Å². The SMILES string of the molecule is O=C(OCc1cccs1)c1ccn2cncc2c1. The summed E-state index contributed by atoms with van der Waals surface area (Å²) in [5.41, 5.74) is 1.42. The molecule has 5 heteroatoms. The summed E-state index contributed by atoms with van der Waals surface area (Å²) in [5.74, 6) is -0.313. The van der Waals surface area contributed by atoms with Gasteiger partial charge in [-0.2, -0.15) is 0 Å². The third-order valence-corrected chi connectivity index (χ3v) is 3.43. The Balaban J connectivity index is 1.75. The first-order valence-corrected chi connectivity index (χ1v) is 6.32. The molecular weight excluding hydrogens is 248 g/mol. The monoisotopic (exact) mass is 258 g/mol. The number of carbonyl (C=O) groups excluding carboxylic acids is 1. The normalized spacial score (nSPS) is 10.7. The molecule has 4 nitrogen and oxygen atoms in total. The first-order valence-electron chi connectivity index (χ1n) is 5.44. The highest BCUT2D eigenvalue weighted by Gasteiger charge is 2.08. The van der Waals surface area contributed by atoms with E-state index in [2.05, 4.69) is 4.98 Å². The zero-order valence-corrected chi connectivity index (χ0v) is 10.3. The second kappa shape index (κ2) is 4.62. The summed E-state index contributed by atoms with van der Waals surface area (Å²) in [6.07, 6.45) is 5.19. The molecule has 3 rings (SSSR count). The highest BCUT2D eigenvalue weighted by atomic mass is 32.1. The van der Waals surface area contributed by atoms with Crippen LogP contribution < -0.4 is 0 Å². The largest absolute Gasteiger partial charge is 0.456 e. The Bertz CT molecular complexity index is 673. The number of hydrogen-bond acceptors (Lipinski definition) is 4. The van der Waals surface area contributed by atoms with Gasteiger partial charge >= 0.3 is 5.97 Å². The molecule has 0 aromatic carbocycles. The van der Waals surface area contributed by atoms with Gasteiger partial charge in [0.15, 0.2) is 0 Å². The molecule has 0 aliphatic heterocycles. The van der Waals surface area contributed by atoms with Gasteiger partial charge in [0.2, 0.25) is 0 Å². The zero-order chi connectivity index (χ0) is 12.4. The summed E-state index contributed by atoms with van der Waals surface area (Å²) in [6, 6.07) is 7.37. The van der Waals surface area contributed by atoms with Crippen LogP contribution in [0.25, 0.3) is 5.52 Å². The summed E-state index contributed by atoms with van der Waals surface area (Å²) in [7, 11) is 0. The van der Waals surface area contributed by atoms with Gasteiger partial charge in [0, 0.05) is 11.1 Å². The van der Waals surface area contributed by atoms with Gasteiger partial charge in [0.25, 0.3) is 0 Å². The van der Waals surface area contributed by atoms with Crippen molar-refractivity contribution in [3.63, 3.8) is 0 Å². The number of hydrogen-bond donors (Lipinski definition) is 0. The smallest absolute Gasteiger partial charge is 0.338 e. The molecule has 0 bridgehead atoms. The average Bonchev–Trinajstić information content (AvgIpc) is 3.05. The van der Waals surface area contributed by atoms with E-state index in [-0.39, 0.29) is 5.97 Å². The number of rotatable bonds is 3. The van der Waals surface area contributed by atoms with Gasteiger partial charge in [-0.15, -0.1) is 11.3 Å². The lowest BCUT2D eigenvalue weighted by atomic mass is 10.2. The number of aromatic nitrogens is 2. The van der Waals surface area contributed by atoms with Crippen molar-refractivity contribution in [1.82, 2.24) is 9.38 Å². The fraction of sp³-hybridized carbons (Fsp3) is 0.0769. The molecule has 0 aliphatic carbocycles. The lowest BCUT2D eigenvalue weighted by Crippen LogP contribution is -2.04. The minimum atomic E-state index is -0.313. The Morgan fingerprint density at radius 1 is 1.44 bits per heavy atom. The highest BCUT2D eigenvalue weighted by Crippen LogP contribution is 2.12. The van der Waals surface area contributed by atoms with Gasteiger partial charge in [-0.25, -0.2) is 9.78 Å². The zero-order valence-electron chi connectivity index (χ0n) is 9.45. The lowest BCUT2D eigenvalue weighted by Gasteiger charge is -2.03. The lowest BCUT2D eigenvalue weighted by molar-refractivity contribution is 0.0477. The Kier molecular flexibility index (Phi) is 2.82. The van der Waals surface area contributed by atoms with Crippen molar-refractivity contribution in [1.29, 1.82) is 0 Å². The topological polar surface area (TPSA) is 43.6 Å². The predicted octanol–water partition coefficient (Wildman–Crippen LogP) is 2.75.